The molecule has 1 aromatic rings. The van der Waals surface area contributed by atoms with E-state index < -0.39 is 11.5 Å². The van der Waals surface area contributed by atoms with Crippen LogP contribution < -0.4 is 5.32 Å². The standard InChI is InChI=1S/C13H19N3O2/c1-3-13(2,12(17)18)16-11-9-6-4-5-7-10(9)14-8-15-11/h8H,3-7H2,1-2H3,(H,17,18)(H,14,15,16). The lowest BCUT2D eigenvalue weighted by Crippen LogP contribution is -2.43. The molecule has 0 spiro atoms. The Morgan fingerprint density at radius 3 is 2.83 bits per heavy atom. The SMILES string of the molecule is CCC(C)(Nc1ncnc2c1CCCC2)C(=O)O. The Morgan fingerprint density at radius 1 is 1.44 bits per heavy atom. The first-order valence-corrected chi connectivity index (χ1v) is 6.41. The lowest BCUT2D eigenvalue weighted by molar-refractivity contribution is -0.141. The van der Waals surface area contributed by atoms with E-state index in [0.717, 1.165) is 36.9 Å². The van der Waals surface area contributed by atoms with E-state index in [1.165, 1.54) is 6.33 Å². The number of aliphatic carboxylic acids is 1. The van der Waals surface area contributed by atoms with E-state index in [1.807, 2.05) is 6.92 Å². The monoisotopic (exact) mass is 249 g/mol. The van der Waals surface area contributed by atoms with Crippen LogP contribution in [0.2, 0.25) is 0 Å². The third kappa shape index (κ3) is 2.30. The number of hydrogen-bond donors (Lipinski definition) is 2. The summed E-state index contributed by atoms with van der Waals surface area (Å²) in [6, 6.07) is 0. The summed E-state index contributed by atoms with van der Waals surface area (Å²) in [7, 11) is 0. The molecule has 2 N–H and O–H groups in total. The predicted molar refractivity (Wildman–Crippen MR) is 68.6 cm³/mol. The van der Waals surface area contributed by atoms with Crippen molar-refractivity contribution in [2.75, 3.05) is 5.32 Å². The van der Waals surface area contributed by atoms with Gasteiger partial charge in [-0.15, -0.1) is 0 Å². The van der Waals surface area contributed by atoms with Crippen LogP contribution in [0.3, 0.4) is 0 Å². The van der Waals surface area contributed by atoms with Crippen LogP contribution in [0.15, 0.2) is 6.33 Å². The fourth-order valence-electron chi connectivity index (χ4n) is 2.18. The van der Waals surface area contributed by atoms with Gasteiger partial charge in [0.2, 0.25) is 0 Å². The number of fused-ring (bicyclic) bond motifs is 1. The summed E-state index contributed by atoms with van der Waals surface area (Å²) in [5, 5.41) is 12.4. The molecule has 0 aromatic carbocycles. The van der Waals surface area contributed by atoms with Gasteiger partial charge in [0.25, 0.3) is 0 Å². The number of nitrogens with one attached hydrogen (secondary N) is 1. The van der Waals surface area contributed by atoms with Crippen LogP contribution >= 0.6 is 0 Å². The van der Waals surface area contributed by atoms with Crippen molar-refractivity contribution < 1.29 is 9.90 Å². The highest BCUT2D eigenvalue weighted by Gasteiger charge is 2.32. The zero-order valence-corrected chi connectivity index (χ0v) is 10.9. The van der Waals surface area contributed by atoms with Gasteiger partial charge in [0.15, 0.2) is 0 Å². The zero-order valence-electron chi connectivity index (χ0n) is 10.9. The van der Waals surface area contributed by atoms with E-state index in [2.05, 4.69) is 15.3 Å². The molecule has 1 unspecified atom stereocenters. The molecule has 0 amide bonds. The molecule has 0 aliphatic heterocycles. The molecular formula is C13H19N3O2. The Kier molecular flexibility index (Phi) is 3.50. The highest BCUT2D eigenvalue weighted by atomic mass is 16.4. The van der Waals surface area contributed by atoms with Gasteiger partial charge in [0, 0.05) is 11.3 Å². The summed E-state index contributed by atoms with van der Waals surface area (Å²) >= 11 is 0. The number of carbonyl (C=O) groups is 1. The van der Waals surface area contributed by atoms with Crippen molar-refractivity contribution in [3.8, 4) is 0 Å². The van der Waals surface area contributed by atoms with Crippen LogP contribution in [0.1, 0.15) is 44.4 Å². The van der Waals surface area contributed by atoms with Crippen LogP contribution in [0, 0.1) is 0 Å². The molecule has 1 aliphatic carbocycles. The van der Waals surface area contributed by atoms with Crippen LogP contribution in [-0.4, -0.2) is 26.6 Å². The van der Waals surface area contributed by atoms with Crippen molar-refractivity contribution in [2.24, 2.45) is 0 Å². The minimum atomic E-state index is -0.973. The summed E-state index contributed by atoms with van der Waals surface area (Å²) in [5.74, 6) is -0.167. The molecule has 0 saturated carbocycles. The number of nitrogens with zero attached hydrogens (tertiary/aromatic N) is 2. The Morgan fingerprint density at radius 2 is 2.17 bits per heavy atom. The van der Waals surface area contributed by atoms with Crippen molar-refractivity contribution in [1.82, 2.24) is 9.97 Å². The topological polar surface area (TPSA) is 75.1 Å². The second-order valence-electron chi connectivity index (χ2n) is 4.97. The molecule has 0 saturated heterocycles. The molecule has 0 radical (unpaired) electrons. The molecule has 5 nitrogen and oxygen atoms in total. The van der Waals surface area contributed by atoms with Crippen LogP contribution in [0.25, 0.3) is 0 Å². The normalized spacial score (nSPS) is 17.7. The second kappa shape index (κ2) is 4.92. The first-order chi connectivity index (χ1) is 8.57. The van der Waals surface area contributed by atoms with Crippen molar-refractivity contribution in [2.45, 2.75) is 51.5 Å². The van der Waals surface area contributed by atoms with E-state index in [1.54, 1.807) is 6.92 Å². The summed E-state index contributed by atoms with van der Waals surface area (Å²) in [6.45, 7) is 3.54. The first kappa shape index (κ1) is 12.8. The highest BCUT2D eigenvalue weighted by molar-refractivity contribution is 5.82. The van der Waals surface area contributed by atoms with Crippen molar-refractivity contribution >= 4 is 11.8 Å². The average Bonchev–Trinajstić information content (AvgIpc) is 2.39. The van der Waals surface area contributed by atoms with E-state index in [9.17, 15) is 9.90 Å². The smallest absolute Gasteiger partial charge is 0.329 e. The summed E-state index contributed by atoms with van der Waals surface area (Å²) in [5.41, 5.74) is 1.17. The molecule has 2 rings (SSSR count). The molecule has 5 heteroatoms. The van der Waals surface area contributed by atoms with Gasteiger partial charge in [0.05, 0.1) is 0 Å². The largest absolute Gasteiger partial charge is 0.480 e. The quantitative estimate of drug-likeness (QED) is 0.853. The molecule has 1 aliphatic rings. The Balaban J connectivity index is 2.32. The van der Waals surface area contributed by atoms with Gasteiger partial charge in [0.1, 0.15) is 17.7 Å². The number of carboxylic acids is 1. The second-order valence-corrected chi connectivity index (χ2v) is 4.97. The summed E-state index contributed by atoms with van der Waals surface area (Å²) in [6.07, 6.45) is 6.17. The minimum absolute atomic E-state index is 0.501. The Bertz CT molecular complexity index is 462. The summed E-state index contributed by atoms with van der Waals surface area (Å²) < 4.78 is 0. The molecule has 18 heavy (non-hydrogen) atoms. The molecule has 1 aromatic heterocycles. The molecule has 1 heterocycles. The van der Waals surface area contributed by atoms with Gasteiger partial charge < -0.3 is 10.4 Å². The molecule has 0 bridgehead atoms. The van der Waals surface area contributed by atoms with Gasteiger partial charge in [-0.3, -0.25) is 0 Å². The van der Waals surface area contributed by atoms with Crippen LogP contribution in [0.4, 0.5) is 5.82 Å². The third-order valence-electron chi connectivity index (χ3n) is 3.70. The fraction of sp³-hybridized carbons (Fsp3) is 0.615. The minimum Gasteiger partial charge on any atom is -0.480 e. The third-order valence-corrected chi connectivity index (χ3v) is 3.70. The zero-order chi connectivity index (χ0) is 13.2. The lowest BCUT2D eigenvalue weighted by Gasteiger charge is -2.27. The molecular weight excluding hydrogens is 230 g/mol. The lowest BCUT2D eigenvalue weighted by atomic mass is 9.94. The maximum Gasteiger partial charge on any atom is 0.329 e. The number of anilines is 1. The highest BCUT2D eigenvalue weighted by Crippen LogP contribution is 2.27. The maximum absolute atomic E-state index is 11.3. The van der Waals surface area contributed by atoms with E-state index in [0.29, 0.717) is 12.2 Å². The van der Waals surface area contributed by atoms with Crippen LogP contribution in [-0.2, 0) is 17.6 Å². The van der Waals surface area contributed by atoms with Gasteiger partial charge >= 0.3 is 5.97 Å². The number of carboxylic acid groups (broad SMARTS) is 1. The van der Waals surface area contributed by atoms with E-state index in [4.69, 9.17) is 0 Å². The van der Waals surface area contributed by atoms with Gasteiger partial charge in [-0.1, -0.05) is 6.92 Å². The van der Waals surface area contributed by atoms with Gasteiger partial charge in [-0.25, -0.2) is 14.8 Å². The predicted octanol–water partition coefficient (Wildman–Crippen LogP) is 2.02. The fourth-order valence-corrected chi connectivity index (χ4v) is 2.18. The van der Waals surface area contributed by atoms with E-state index in [-0.39, 0.29) is 0 Å². The van der Waals surface area contributed by atoms with Crippen molar-refractivity contribution in [1.29, 1.82) is 0 Å². The molecule has 98 valence electrons. The number of aryl methyl sites for hydroxylation is 1. The number of hydrogen-bond acceptors (Lipinski definition) is 4. The van der Waals surface area contributed by atoms with Crippen LogP contribution in [0.5, 0.6) is 0 Å². The molecule has 1 atom stereocenters. The van der Waals surface area contributed by atoms with Gasteiger partial charge in [-0.2, -0.15) is 0 Å². The Labute approximate surface area is 107 Å². The average molecular weight is 249 g/mol. The van der Waals surface area contributed by atoms with E-state index >= 15 is 0 Å². The van der Waals surface area contributed by atoms with Gasteiger partial charge in [-0.05, 0) is 39.0 Å². The number of rotatable bonds is 4. The van der Waals surface area contributed by atoms with Crippen molar-refractivity contribution in [3.05, 3.63) is 17.6 Å². The molecule has 0 fully saturated rings. The maximum atomic E-state index is 11.3. The summed E-state index contributed by atoms with van der Waals surface area (Å²) in [4.78, 5) is 19.8. The number of aromatic nitrogens is 2. The van der Waals surface area contributed by atoms with Crippen molar-refractivity contribution in [3.63, 3.8) is 0 Å². The Hall–Kier alpha value is -1.65. The first-order valence-electron chi connectivity index (χ1n) is 6.41.